The Labute approximate surface area is 151 Å². The molecule has 144 valence electrons. The number of carbonyl (C=O) groups is 2. The Balaban J connectivity index is 1.71. The van der Waals surface area contributed by atoms with E-state index in [-0.39, 0.29) is 36.1 Å². The van der Waals surface area contributed by atoms with Crippen LogP contribution in [-0.4, -0.2) is 84.4 Å². The summed E-state index contributed by atoms with van der Waals surface area (Å²) in [6, 6.07) is 1.65. The summed E-state index contributed by atoms with van der Waals surface area (Å²) in [5.74, 6) is -0.873. The van der Waals surface area contributed by atoms with Gasteiger partial charge in [-0.2, -0.15) is 5.10 Å². The summed E-state index contributed by atoms with van der Waals surface area (Å²) in [5, 5.41) is 13.6. The highest BCUT2D eigenvalue weighted by Crippen LogP contribution is 2.33. The zero-order valence-corrected chi connectivity index (χ0v) is 15.1. The van der Waals surface area contributed by atoms with Gasteiger partial charge in [0.1, 0.15) is 5.69 Å². The quantitative estimate of drug-likeness (QED) is 0.697. The number of fused-ring (bicyclic) bond motifs is 1. The van der Waals surface area contributed by atoms with Crippen LogP contribution in [0.4, 0.5) is 0 Å². The molecule has 9 heteroatoms. The van der Waals surface area contributed by atoms with Crippen LogP contribution in [-0.2, 0) is 20.8 Å². The summed E-state index contributed by atoms with van der Waals surface area (Å²) in [6.45, 7) is 2.72. The standard InChI is InChI=1S/C17H25N3O6/c1-24-16(22)12-9-14(17(23)25-2)20(18-12)4-3-19-5-6-26-15-8-11(10-21)7-13(15)19/h9,11,13,15,21H,3-8,10H2,1-2H3/t11-,13+,15?/m1/s1. The van der Waals surface area contributed by atoms with Crippen molar-refractivity contribution in [2.24, 2.45) is 5.92 Å². The summed E-state index contributed by atoms with van der Waals surface area (Å²) in [7, 11) is 2.56. The van der Waals surface area contributed by atoms with Gasteiger partial charge in [-0.3, -0.25) is 9.58 Å². The molecule has 26 heavy (non-hydrogen) atoms. The summed E-state index contributed by atoms with van der Waals surface area (Å²) >= 11 is 0. The number of ether oxygens (including phenoxy) is 3. The van der Waals surface area contributed by atoms with Gasteiger partial charge in [0.2, 0.25) is 0 Å². The van der Waals surface area contributed by atoms with Gasteiger partial charge in [0.05, 0.1) is 33.5 Å². The molecule has 0 amide bonds. The molecule has 1 aliphatic carbocycles. The summed E-state index contributed by atoms with van der Waals surface area (Å²) < 4.78 is 16.8. The van der Waals surface area contributed by atoms with Crippen molar-refractivity contribution in [3.63, 3.8) is 0 Å². The number of aliphatic hydroxyl groups excluding tert-OH is 1. The fourth-order valence-corrected chi connectivity index (χ4v) is 3.84. The molecule has 0 spiro atoms. The van der Waals surface area contributed by atoms with Gasteiger partial charge in [-0.05, 0) is 18.8 Å². The number of methoxy groups -OCH3 is 2. The van der Waals surface area contributed by atoms with Gasteiger partial charge < -0.3 is 19.3 Å². The van der Waals surface area contributed by atoms with E-state index in [0.717, 1.165) is 19.4 Å². The third kappa shape index (κ3) is 3.74. The van der Waals surface area contributed by atoms with Gasteiger partial charge in [0.15, 0.2) is 5.69 Å². The Bertz CT molecular complexity index is 661. The first-order valence-corrected chi connectivity index (χ1v) is 8.78. The summed E-state index contributed by atoms with van der Waals surface area (Å²) in [6.07, 6.45) is 1.92. The van der Waals surface area contributed by atoms with Crippen molar-refractivity contribution in [2.45, 2.75) is 31.5 Å². The predicted octanol–water partition coefficient (Wildman–Crippen LogP) is -0.0720. The number of aliphatic hydroxyl groups is 1. The maximum atomic E-state index is 12.0. The van der Waals surface area contributed by atoms with Crippen molar-refractivity contribution in [2.75, 3.05) is 40.5 Å². The van der Waals surface area contributed by atoms with Gasteiger partial charge >= 0.3 is 11.9 Å². The van der Waals surface area contributed by atoms with Crippen LogP contribution in [0.1, 0.15) is 33.8 Å². The van der Waals surface area contributed by atoms with Gasteiger partial charge in [-0.1, -0.05) is 0 Å². The number of rotatable bonds is 6. The van der Waals surface area contributed by atoms with E-state index in [2.05, 4.69) is 14.7 Å². The predicted molar refractivity (Wildman–Crippen MR) is 89.8 cm³/mol. The van der Waals surface area contributed by atoms with Crippen LogP contribution >= 0.6 is 0 Å². The Morgan fingerprint density at radius 2 is 2.04 bits per heavy atom. The molecule has 1 aliphatic heterocycles. The smallest absolute Gasteiger partial charge is 0.358 e. The van der Waals surface area contributed by atoms with E-state index < -0.39 is 11.9 Å². The van der Waals surface area contributed by atoms with Crippen molar-refractivity contribution in [1.82, 2.24) is 14.7 Å². The first-order chi connectivity index (χ1) is 12.6. The number of aromatic nitrogens is 2. The summed E-state index contributed by atoms with van der Waals surface area (Å²) in [4.78, 5) is 26.0. The van der Waals surface area contributed by atoms with Gasteiger partial charge in [-0.25, -0.2) is 9.59 Å². The van der Waals surface area contributed by atoms with Crippen LogP contribution in [0.15, 0.2) is 6.07 Å². The van der Waals surface area contributed by atoms with E-state index >= 15 is 0 Å². The molecular formula is C17H25N3O6. The lowest BCUT2D eigenvalue weighted by Gasteiger charge is -2.37. The molecule has 2 aliphatic rings. The molecule has 0 bridgehead atoms. The molecule has 1 aromatic heterocycles. The van der Waals surface area contributed by atoms with Crippen LogP contribution in [0.2, 0.25) is 0 Å². The Hall–Kier alpha value is -1.97. The lowest BCUT2D eigenvalue weighted by Crippen LogP contribution is -2.49. The largest absolute Gasteiger partial charge is 0.464 e. The number of morpholine rings is 1. The van der Waals surface area contributed by atoms with E-state index in [9.17, 15) is 14.7 Å². The monoisotopic (exact) mass is 367 g/mol. The minimum Gasteiger partial charge on any atom is -0.464 e. The minimum atomic E-state index is -0.595. The second kappa shape index (κ2) is 8.15. The second-order valence-corrected chi connectivity index (χ2v) is 6.65. The maximum absolute atomic E-state index is 12.0. The van der Waals surface area contributed by atoms with E-state index in [4.69, 9.17) is 9.47 Å². The first kappa shape index (κ1) is 18.8. The average molecular weight is 367 g/mol. The minimum absolute atomic E-state index is 0.0777. The Morgan fingerprint density at radius 1 is 1.27 bits per heavy atom. The molecule has 1 saturated heterocycles. The maximum Gasteiger partial charge on any atom is 0.358 e. The van der Waals surface area contributed by atoms with Crippen LogP contribution in [0.5, 0.6) is 0 Å². The van der Waals surface area contributed by atoms with Crippen LogP contribution in [0.25, 0.3) is 0 Å². The Kier molecular flexibility index (Phi) is 5.90. The fourth-order valence-electron chi connectivity index (χ4n) is 3.84. The van der Waals surface area contributed by atoms with E-state index in [0.29, 0.717) is 19.7 Å². The van der Waals surface area contributed by atoms with Crippen LogP contribution in [0, 0.1) is 5.92 Å². The third-order valence-electron chi connectivity index (χ3n) is 5.18. The lowest BCUT2D eigenvalue weighted by molar-refractivity contribution is -0.0569. The van der Waals surface area contributed by atoms with Gasteiger partial charge in [-0.15, -0.1) is 0 Å². The van der Waals surface area contributed by atoms with Crippen LogP contribution < -0.4 is 0 Å². The highest BCUT2D eigenvalue weighted by atomic mass is 16.5. The number of hydrogen-bond acceptors (Lipinski definition) is 8. The number of nitrogens with zero attached hydrogens (tertiary/aromatic N) is 3. The fraction of sp³-hybridized carbons (Fsp3) is 0.706. The number of hydrogen-bond donors (Lipinski definition) is 1. The van der Waals surface area contributed by atoms with Crippen molar-refractivity contribution in [3.05, 3.63) is 17.5 Å². The normalized spacial score (nSPS) is 25.7. The van der Waals surface area contributed by atoms with E-state index in [1.165, 1.54) is 25.0 Å². The first-order valence-electron chi connectivity index (χ1n) is 8.78. The van der Waals surface area contributed by atoms with Crippen LogP contribution in [0.3, 0.4) is 0 Å². The van der Waals surface area contributed by atoms with Gasteiger partial charge in [0.25, 0.3) is 0 Å². The SMILES string of the molecule is COC(=O)c1cc(C(=O)OC)n(CCN2CCOC3C[C@H](CO)C[C@@H]32)n1. The van der Waals surface area contributed by atoms with E-state index in [1.54, 1.807) is 0 Å². The molecule has 2 heterocycles. The average Bonchev–Trinajstić information content (AvgIpc) is 3.29. The van der Waals surface area contributed by atoms with Crippen molar-refractivity contribution < 1.29 is 28.9 Å². The molecule has 1 aromatic rings. The van der Waals surface area contributed by atoms with Crippen molar-refractivity contribution >= 4 is 11.9 Å². The molecule has 3 atom stereocenters. The Morgan fingerprint density at radius 3 is 2.73 bits per heavy atom. The molecular weight excluding hydrogens is 342 g/mol. The molecule has 1 unspecified atom stereocenters. The molecule has 9 nitrogen and oxygen atoms in total. The molecule has 1 N–H and O–H groups in total. The summed E-state index contributed by atoms with van der Waals surface area (Å²) in [5.41, 5.74) is 0.298. The lowest BCUT2D eigenvalue weighted by atomic mass is 10.1. The molecule has 0 radical (unpaired) electrons. The zero-order chi connectivity index (χ0) is 18.7. The van der Waals surface area contributed by atoms with E-state index in [1.807, 2.05) is 0 Å². The number of carbonyl (C=O) groups excluding carboxylic acids is 2. The van der Waals surface area contributed by atoms with Crippen molar-refractivity contribution in [3.8, 4) is 0 Å². The highest BCUT2D eigenvalue weighted by molar-refractivity contribution is 5.93. The van der Waals surface area contributed by atoms with Gasteiger partial charge in [0, 0.05) is 31.8 Å². The zero-order valence-electron chi connectivity index (χ0n) is 15.1. The molecule has 0 aromatic carbocycles. The molecule has 2 fully saturated rings. The second-order valence-electron chi connectivity index (χ2n) is 6.65. The molecule has 1 saturated carbocycles. The third-order valence-corrected chi connectivity index (χ3v) is 5.18. The highest BCUT2D eigenvalue weighted by Gasteiger charge is 2.40. The molecule has 3 rings (SSSR count). The van der Waals surface area contributed by atoms with Crippen molar-refractivity contribution in [1.29, 1.82) is 0 Å². The topological polar surface area (TPSA) is 103 Å². The number of esters is 2.